The Morgan fingerprint density at radius 2 is 2.00 bits per heavy atom. The van der Waals surface area contributed by atoms with Crippen LogP contribution in [-0.4, -0.2) is 30.5 Å². The van der Waals surface area contributed by atoms with Gasteiger partial charge in [0.1, 0.15) is 11.8 Å². The van der Waals surface area contributed by atoms with Gasteiger partial charge in [0.15, 0.2) is 0 Å². The number of carbonyl (C=O) groups is 2. The first-order valence-electron chi connectivity index (χ1n) is 6.72. The van der Waals surface area contributed by atoms with Crippen molar-refractivity contribution < 1.29 is 14.3 Å². The van der Waals surface area contributed by atoms with E-state index in [1.165, 1.54) is 0 Å². The highest BCUT2D eigenvalue weighted by Gasteiger charge is 2.22. The van der Waals surface area contributed by atoms with Crippen LogP contribution in [0.15, 0.2) is 24.3 Å². The summed E-state index contributed by atoms with van der Waals surface area (Å²) in [5.74, 6) is -0.161. The average molecular weight is 293 g/mol. The van der Waals surface area contributed by atoms with Gasteiger partial charge in [0, 0.05) is 17.3 Å². The van der Waals surface area contributed by atoms with Crippen molar-refractivity contribution in [2.45, 2.75) is 38.8 Å². The maximum absolute atomic E-state index is 11.9. The van der Waals surface area contributed by atoms with Crippen molar-refractivity contribution in [2.24, 2.45) is 5.73 Å². The molecular weight excluding hydrogens is 270 g/mol. The molecule has 0 aromatic heterocycles. The Morgan fingerprint density at radius 3 is 2.52 bits per heavy atom. The molecule has 0 aliphatic rings. The Bertz CT molecular complexity index is 509. The number of carbonyl (C=O) groups excluding carboxylic acids is 2. The van der Waals surface area contributed by atoms with E-state index in [1.54, 1.807) is 31.4 Å². The SMILES string of the molecule is COc1cccc(NC(CC(=O)NC(C)(C)C)C(N)=O)c1. The molecular formula is C15H23N3O3. The molecule has 1 aromatic rings. The molecule has 1 atom stereocenters. The van der Waals surface area contributed by atoms with Gasteiger partial charge in [-0.15, -0.1) is 0 Å². The van der Waals surface area contributed by atoms with Gasteiger partial charge in [-0.1, -0.05) is 6.07 Å². The molecule has 21 heavy (non-hydrogen) atoms. The highest BCUT2D eigenvalue weighted by molar-refractivity contribution is 5.89. The van der Waals surface area contributed by atoms with E-state index in [4.69, 9.17) is 10.5 Å². The average Bonchev–Trinajstić information content (AvgIpc) is 2.36. The molecule has 116 valence electrons. The summed E-state index contributed by atoms with van der Waals surface area (Å²) in [6.07, 6.45) is -0.0240. The predicted molar refractivity (Wildman–Crippen MR) is 82.1 cm³/mol. The summed E-state index contributed by atoms with van der Waals surface area (Å²) in [6.45, 7) is 5.62. The van der Waals surface area contributed by atoms with E-state index in [-0.39, 0.29) is 17.9 Å². The molecule has 1 aromatic carbocycles. The molecule has 6 nitrogen and oxygen atoms in total. The first-order chi connectivity index (χ1) is 9.71. The van der Waals surface area contributed by atoms with Gasteiger partial charge in [-0.25, -0.2) is 0 Å². The van der Waals surface area contributed by atoms with Crippen LogP contribution in [0.4, 0.5) is 5.69 Å². The van der Waals surface area contributed by atoms with Gasteiger partial charge in [0.25, 0.3) is 0 Å². The number of amides is 2. The van der Waals surface area contributed by atoms with Crippen LogP contribution in [0.5, 0.6) is 5.75 Å². The number of methoxy groups -OCH3 is 1. The topological polar surface area (TPSA) is 93.4 Å². The minimum Gasteiger partial charge on any atom is -0.497 e. The summed E-state index contributed by atoms with van der Waals surface area (Å²) in [6, 6.07) is 6.31. The second-order valence-electron chi connectivity index (χ2n) is 5.83. The predicted octanol–water partition coefficient (Wildman–Crippen LogP) is 1.27. The molecule has 1 rings (SSSR count). The number of rotatable bonds is 6. The van der Waals surface area contributed by atoms with E-state index in [9.17, 15) is 9.59 Å². The summed E-state index contributed by atoms with van der Waals surface area (Å²) in [7, 11) is 1.56. The summed E-state index contributed by atoms with van der Waals surface area (Å²) < 4.78 is 5.11. The van der Waals surface area contributed by atoms with Gasteiger partial charge in [-0.05, 0) is 32.9 Å². The molecule has 6 heteroatoms. The molecule has 0 saturated carbocycles. The molecule has 1 unspecified atom stereocenters. The van der Waals surface area contributed by atoms with Crippen LogP contribution >= 0.6 is 0 Å². The first kappa shape index (κ1) is 16.8. The zero-order valence-corrected chi connectivity index (χ0v) is 12.9. The monoisotopic (exact) mass is 293 g/mol. The molecule has 0 radical (unpaired) electrons. The van der Waals surface area contributed by atoms with Crippen LogP contribution in [0.1, 0.15) is 27.2 Å². The first-order valence-corrected chi connectivity index (χ1v) is 6.72. The second-order valence-corrected chi connectivity index (χ2v) is 5.83. The molecule has 4 N–H and O–H groups in total. The van der Waals surface area contributed by atoms with Gasteiger partial charge in [-0.3, -0.25) is 9.59 Å². The van der Waals surface area contributed by atoms with Crippen molar-refractivity contribution in [3.05, 3.63) is 24.3 Å². The molecule has 0 bridgehead atoms. The molecule has 0 heterocycles. The minimum absolute atomic E-state index is 0.0240. The maximum Gasteiger partial charge on any atom is 0.240 e. The number of benzene rings is 1. The van der Waals surface area contributed by atoms with Gasteiger partial charge in [0.2, 0.25) is 11.8 Å². The maximum atomic E-state index is 11.9. The van der Waals surface area contributed by atoms with Crippen molar-refractivity contribution in [3.8, 4) is 5.75 Å². The van der Waals surface area contributed by atoms with Crippen LogP contribution in [-0.2, 0) is 9.59 Å². The van der Waals surface area contributed by atoms with E-state index >= 15 is 0 Å². The summed E-state index contributed by atoms with van der Waals surface area (Å²) in [5.41, 5.74) is 5.67. The highest BCUT2D eigenvalue weighted by Crippen LogP contribution is 2.18. The van der Waals surface area contributed by atoms with E-state index in [0.29, 0.717) is 11.4 Å². The van der Waals surface area contributed by atoms with Crippen molar-refractivity contribution in [2.75, 3.05) is 12.4 Å². The molecule has 0 fully saturated rings. The molecule has 0 aliphatic carbocycles. The van der Waals surface area contributed by atoms with E-state index < -0.39 is 11.9 Å². The third kappa shape index (κ3) is 6.16. The lowest BCUT2D eigenvalue weighted by atomic mass is 10.1. The quantitative estimate of drug-likeness (QED) is 0.736. The molecule has 2 amide bonds. The Morgan fingerprint density at radius 1 is 1.33 bits per heavy atom. The summed E-state index contributed by atoms with van der Waals surface area (Å²) in [4.78, 5) is 23.4. The van der Waals surface area contributed by atoms with E-state index in [0.717, 1.165) is 0 Å². The highest BCUT2D eigenvalue weighted by atomic mass is 16.5. The van der Waals surface area contributed by atoms with Crippen molar-refractivity contribution in [1.29, 1.82) is 0 Å². The van der Waals surface area contributed by atoms with Gasteiger partial charge in [-0.2, -0.15) is 0 Å². The lowest BCUT2D eigenvalue weighted by molar-refractivity contribution is -0.126. The number of anilines is 1. The number of hydrogen-bond acceptors (Lipinski definition) is 4. The number of hydrogen-bond donors (Lipinski definition) is 3. The normalized spacial score (nSPS) is 12.4. The van der Waals surface area contributed by atoms with Crippen molar-refractivity contribution in [3.63, 3.8) is 0 Å². The number of nitrogens with two attached hydrogens (primary N) is 1. The second kappa shape index (κ2) is 6.97. The van der Waals surface area contributed by atoms with Crippen LogP contribution < -0.4 is 21.1 Å². The van der Waals surface area contributed by atoms with Crippen molar-refractivity contribution >= 4 is 17.5 Å². The van der Waals surface area contributed by atoms with Crippen LogP contribution in [0.25, 0.3) is 0 Å². The number of ether oxygens (including phenoxy) is 1. The van der Waals surface area contributed by atoms with E-state index in [1.807, 2.05) is 20.8 Å². The molecule has 0 saturated heterocycles. The van der Waals surface area contributed by atoms with Crippen LogP contribution in [0.3, 0.4) is 0 Å². The zero-order chi connectivity index (χ0) is 16.0. The zero-order valence-electron chi connectivity index (χ0n) is 12.9. The lowest BCUT2D eigenvalue weighted by Gasteiger charge is -2.23. The largest absolute Gasteiger partial charge is 0.497 e. The van der Waals surface area contributed by atoms with Gasteiger partial charge < -0.3 is 21.1 Å². The Labute approximate surface area is 125 Å². The number of primary amides is 1. The minimum atomic E-state index is -0.778. The fourth-order valence-corrected chi connectivity index (χ4v) is 1.79. The standard InChI is InChI=1S/C15H23N3O3/c1-15(2,3)18-13(19)9-12(14(16)20)17-10-6-5-7-11(8-10)21-4/h5-8,12,17H,9H2,1-4H3,(H2,16,20)(H,18,19). The Kier molecular flexibility index (Phi) is 5.58. The molecule has 0 aliphatic heterocycles. The smallest absolute Gasteiger partial charge is 0.240 e. The van der Waals surface area contributed by atoms with Crippen molar-refractivity contribution in [1.82, 2.24) is 5.32 Å². The van der Waals surface area contributed by atoms with Gasteiger partial charge in [0.05, 0.1) is 13.5 Å². The summed E-state index contributed by atoms with van der Waals surface area (Å²) >= 11 is 0. The Hall–Kier alpha value is -2.24. The Balaban J connectivity index is 2.74. The molecule has 0 spiro atoms. The van der Waals surface area contributed by atoms with Gasteiger partial charge >= 0.3 is 0 Å². The van der Waals surface area contributed by atoms with Crippen LogP contribution in [0, 0.1) is 0 Å². The third-order valence-electron chi connectivity index (χ3n) is 2.66. The lowest BCUT2D eigenvalue weighted by Crippen LogP contribution is -2.45. The van der Waals surface area contributed by atoms with Crippen LogP contribution in [0.2, 0.25) is 0 Å². The third-order valence-corrected chi connectivity index (χ3v) is 2.66. The number of nitrogens with one attached hydrogen (secondary N) is 2. The fourth-order valence-electron chi connectivity index (χ4n) is 1.79. The fraction of sp³-hybridized carbons (Fsp3) is 0.467. The summed E-state index contributed by atoms with van der Waals surface area (Å²) in [5, 5.41) is 5.76. The van der Waals surface area contributed by atoms with E-state index in [2.05, 4.69) is 10.6 Å².